The second-order valence-corrected chi connectivity index (χ2v) is 2.78. The molecule has 4 nitrogen and oxygen atoms in total. The standard InChI is InChI=1S/C8H12FN3O/c1-6(2-3-13)12-8-10-4-7(9)5-11-8/h4-6,13H,2-3H2,1H3,(H,10,11,12)/t6-/m1/s1. The Kier molecular flexibility index (Phi) is 3.57. The van der Waals surface area contributed by atoms with Crippen LogP contribution < -0.4 is 5.32 Å². The lowest BCUT2D eigenvalue weighted by molar-refractivity contribution is 0.282. The molecule has 0 fully saturated rings. The Hall–Kier alpha value is -1.23. The second-order valence-electron chi connectivity index (χ2n) is 2.78. The summed E-state index contributed by atoms with van der Waals surface area (Å²) >= 11 is 0. The second kappa shape index (κ2) is 4.71. The molecule has 5 heteroatoms. The molecule has 0 spiro atoms. The van der Waals surface area contributed by atoms with Gasteiger partial charge in [0.2, 0.25) is 5.95 Å². The van der Waals surface area contributed by atoms with Crippen molar-refractivity contribution < 1.29 is 9.50 Å². The molecule has 0 aliphatic heterocycles. The van der Waals surface area contributed by atoms with Crippen LogP contribution in [0.5, 0.6) is 0 Å². The van der Waals surface area contributed by atoms with Crippen LogP contribution in [0.3, 0.4) is 0 Å². The summed E-state index contributed by atoms with van der Waals surface area (Å²) in [5.74, 6) is -0.0808. The van der Waals surface area contributed by atoms with Gasteiger partial charge in [-0.2, -0.15) is 0 Å². The zero-order valence-electron chi connectivity index (χ0n) is 7.37. The highest BCUT2D eigenvalue weighted by atomic mass is 19.1. The zero-order valence-corrected chi connectivity index (χ0v) is 7.37. The van der Waals surface area contributed by atoms with E-state index in [4.69, 9.17) is 5.11 Å². The van der Waals surface area contributed by atoms with Crippen molar-refractivity contribution in [2.24, 2.45) is 0 Å². The number of hydrogen-bond acceptors (Lipinski definition) is 4. The number of aromatic nitrogens is 2. The van der Waals surface area contributed by atoms with E-state index in [0.29, 0.717) is 12.4 Å². The number of hydrogen-bond donors (Lipinski definition) is 2. The molecule has 0 aromatic carbocycles. The van der Waals surface area contributed by atoms with E-state index in [-0.39, 0.29) is 12.6 Å². The van der Waals surface area contributed by atoms with Gasteiger partial charge in [0.25, 0.3) is 0 Å². The molecule has 0 unspecified atom stereocenters. The summed E-state index contributed by atoms with van der Waals surface area (Å²) in [5.41, 5.74) is 0. The van der Waals surface area contributed by atoms with E-state index in [9.17, 15) is 4.39 Å². The number of halogens is 1. The van der Waals surface area contributed by atoms with Crippen molar-refractivity contribution in [3.05, 3.63) is 18.2 Å². The summed E-state index contributed by atoms with van der Waals surface area (Å²) in [6.45, 7) is 2.00. The van der Waals surface area contributed by atoms with E-state index in [2.05, 4.69) is 15.3 Å². The van der Waals surface area contributed by atoms with Gasteiger partial charge in [-0.3, -0.25) is 0 Å². The molecule has 0 saturated carbocycles. The third-order valence-electron chi connectivity index (χ3n) is 1.56. The van der Waals surface area contributed by atoms with Crippen LogP contribution in [0.15, 0.2) is 12.4 Å². The van der Waals surface area contributed by atoms with Gasteiger partial charge in [-0.25, -0.2) is 14.4 Å². The van der Waals surface area contributed by atoms with Gasteiger partial charge < -0.3 is 10.4 Å². The van der Waals surface area contributed by atoms with E-state index in [0.717, 1.165) is 12.4 Å². The average Bonchev–Trinajstić information content (AvgIpc) is 2.09. The number of nitrogens with one attached hydrogen (secondary N) is 1. The molecule has 1 atom stereocenters. The fourth-order valence-electron chi connectivity index (χ4n) is 0.873. The average molecular weight is 185 g/mol. The van der Waals surface area contributed by atoms with Gasteiger partial charge in [0.15, 0.2) is 5.82 Å². The number of anilines is 1. The van der Waals surface area contributed by atoms with Crippen LogP contribution in [0.25, 0.3) is 0 Å². The Labute approximate surface area is 75.8 Å². The summed E-state index contributed by atoms with van der Waals surface area (Å²) < 4.78 is 12.4. The lowest BCUT2D eigenvalue weighted by Crippen LogP contribution is -2.18. The van der Waals surface area contributed by atoms with E-state index in [1.165, 1.54) is 0 Å². The molecular weight excluding hydrogens is 173 g/mol. The molecule has 0 saturated heterocycles. The minimum atomic E-state index is -0.458. The molecule has 0 amide bonds. The fraction of sp³-hybridized carbons (Fsp3) is 0.500. The number of aliphatic hydroxyl groups is 1. The van der Waals surface area contributed by atoms with E-state index < -0.39 is 5.82 Å². The van der Waals surface area contributed by atoms with Crippen LogP contribution in [-0.2, 0) is 0 Å². The summed E-state index contributed by atoms with van der Waals surface area (Å²) in [6.07, 6.45) is 2.81. The van der Waals surface area contributed by atoms with Crippen molar-refractivity contribution in [2.45, 2.75) is 19.4 Å². The maximum atomic E-state index is 12.4. The predicted molar refractivity (Wildman–Crippen MR) is 46.8 cm³/mol. The first-order valence-corrected chi connectivity index (χ1v) is 4.07. The highest BCUT2D eigenvalue weighted by molar-refractivity contribution is 5.23. The maximum absolute atomic E-state index is 12.4. The van der Waals surface area contributed by atoms with Gasteiger partial charge >= 0.3 is 0 Å². The van der Waals surface area contributed by atoms with E-state index >= 15 is 0 Å². The van der Waals surface area contributed by atoms with Gasteiger partial charge in [-0.05, 0) is 13.3 Å². The molecule has 0 radical (unpaired) electrons. The molecule has 0 bridgehead atoms. The minimum absolute atomic E-state index is 0.0791. The smallest absolute Gasteiger partial charge is 0.222 e. The van der Waals surface area contributed by atoms with Crippen LogP contribution in [0.2, 0.25) is 0 Å². The summed E-state index contributed by atoms with van der Waals surface area (Å²) in [6, 6.07) is 0.0791. The van der Waals surface area contributed by atoms with E-state index in [1.54, 1.807) is 0 Å². The fourth-order valence-corrected chi connectivity index (χ4v) is 0.873. The van der Waals surface area contributed by atoms with Gasteiger partial charge in [-0.1, -0.05) is 0 Å². The molecule has 1 heterocycles. The maximum Gasteiger partial charge on any atom is 0.222 e. The summed E-state index contributed by atoms with van der Waals surface area (Å²) in [5, 5.41) is 11.5. The molecule has 13 heavy (non-hydrogen) atoms. The summed E-state index contributed by atoms with van der Waals surface area (Å²) in [4.78, 5) is 7.44. The third kappa shape index (κ3) is 3.33. The van der Waals surface area contributed by atoms with Crippen molar-refractivity contribution >= 4 is 5.95 Å². The summed E-state index contributed by atoms with van der Waals surface area (Å²) in [7, 11) is 0. The third-order valence-corrected chi connectivity index (χ3v) is 1.56. The van der Waals surface area contributed by atoms with Crippen LogP contribution in [0, 0.1) is 5.82 Å². The Balaban J connectivity index is 2.49. The van der Waals surface area contributed by atoms with Gasteiger partial charge in [0, 0.05) is 12.6 Å². The SMILES string of the molecule is C[C@H](CCO)Nc1ncc(F)cn1. The quantitative estimate of drug-likeness (QED) is 0.728. The Morgan fingerprint density at radius 1 is 1.54 bits per heavy atom. The van der Waals surface area contributed by atoms with Gasteiger partial charge in [0.1, 0.15) is 0 Å². The van der Waals surface area contributed by atoms with Crippen LogP contribution in [0.1, 0.15) is 13.3 Å². The molecule has 1 aromatic rings. The monoisotopic (exact) mass is 185 g/mol. The van der Waals surface area contributed by atoms with Crippen LogP contribution in [-0.4, -0.2) is 27.7 Å². The van der Waals surface area contributed by atoms with Crippen molar-refractivity contribution in [3.8, 4) is 0 Å². The van der Waals surface area contributed by atoms with Crippen molar-refractivity contribution in [1.29, 1.82) is 0 Å². The Morgan fingerprint density at radius 2 is 2.15 bits per heavy atom. The molecule has 0 aliphatic carbocycles. The predicted octanol–water partition coefficient (Wildman–Crippen LogP) is 0.798. The Bertz CT molecular complexity index is 252. The van der Waals surface area contributed by atoms with E-state index in [1.807, 2.05) is 6.92 Å². The topological polar surface area (TPSA) is 58.0 Å². The molecule has 0 aliphatic rings. The number of aliphatic hydroxyl groups excluding tert-OH is 1. The normalized spacial score (nSPS) is 12.5. The first kappa shape index (κ1) is 9.85. The van der Waals surface area contributed by atoms with Gasteiger partial charge in [-0.15, -0.1) is 0 Å². The zero-order chi connectivity index (χ0) is 9.68. The van der Waals surface area contributed by atoms with Crippen LogP contribution >= 0.6 is 0 Å². The molecule has 1 rings (SSSR count). The lowest BCUT2D eigenvalue weighted by Gasteiger charge is -2.11. The van der Waals surface area contributed by atoms with Crippen molar-refractivity contribution in [3.63, 3.8) is 0 Å². The molecule has 1 aromatic heterocycles. The lowest BCUT2D eigenvalue weighted by atomic mass is 10.2. The van der Waals surface area contributed by atoms with Crippen LogP contribution in [0.4, 0.5) is 10.3 Å². The van der Waals surface area contributed by atoms with Crippen molar-refractivity contribution in [2.75, 3.05) is 11.9 Å². The largest absolute Gasteiger partial charge is 0.396 e. The molecule has 2 N–H and O–H groups in total. The number of rotatable bonds is 4. The minimum Gasteiger partial charge on any atom is -0.396 e. The first-order valence-electron chi connectivity index (χ1n) is 4.07. The highest BCUT2D eigenvalue weighted by Gasteiger charge is 2.02. The number of nitrogens with zero attached hydrogens (tertiary/aromatic N) is 2. The Morgan fingerprint density at radius 3 is 2.69 bits per heavy atom. The molecule has 72 valence electrons. The first-order chi connectivity index (χ1) is 6.22. The highest BCUT2D eigenvalue weighted by Crippen LogP contribution is 2.02. The molecular formula is C8H12FN3O. The van der Waals surface area contributed by atoms with Gasteiger partial charge in [0.05, 0.1) is 12.4 Å². The van der Waals surface area contributed by atoms with Crippen molar-refractivity contribution in [1.82, 2.24) is 9.97 Å².